The molecule has 0 heterocycles. The summed E-state index contributed by atoms with van der Waals surface area (Å²) in [6, 6.07) is 0. The number of halogens is 1. The molecule has 0 aromatic carbocycles. The first kappa shape index (κ1) is 9.22. The van der Waals surface area contributed by atoms with Crippen LogP contribution in [0.4, 0.5) is 0 Å². The zero-order chi connectivity index (χ0) is 7.33. The van der Waals surface area contributed by atoms with E-state index >= 15 is 0 Å². The third kappa shape index (κ3) is 3.04. The lowest BCUT2D eigenvalue weighted by atomic mass is 9.88. The fourth-order valence-electron chi connectivity index (χ4n) is 0.795. The van der Waals surface area contributed by atoms with Crippen LogP contribution in [0.2, 0.25) is 0 Å². The van der Waals surface area contributed by atoms with E-state index in [1.165, 1.54) is 12.8 Å². The van der Waals surface area contributed by atoms with Gasteiger partial charge in [-0.25, -0.2) is 0 Å². The molecule has 9 heavy (non-hydrogen) atoms. The lowest BCUT2D eigenvalue weighted by molar-refractivity contribution is 0.445. The highest BCUT2D eigenvalue weighted by Gasteiger charge is 2.15. The SMILES string of the molecule is C=CC(C)(CBr)CCC. The van der Waals surface area contributed by atoms with Crippen LogP contribution in [0.1, 0.15) is 26.7 Å². The molecule has 1 unspecified atom stereocenters. The van der Waals surface area contributed by atoms with E-state index in [1.54, 1.807) is 0 Å². The predicted molar refractivity (Wildman–Crippen MR) is 47.0 cm³/mol. The van der Waals surface area contributed by atoms with Gasteiger partial charge in [-0.3, -0.25) is 0 Å². The summed E-state index contributed by atoms with van der Waals surface area (Å²) in [6.45, 7) is 8.21. The van der Waals surface area contributed by atoms with Crippen molar-refractivity contribution in [3.63, 3.8) is 0 Å². The Bertz CT molecular complexity index is 88.6. The van der Waals surface area contributed by atoms with Crippen LogP contribution in [0.3, 0.4) is 0 Å². The summed E-state index contributed by atoms with van der Waals surface area (Å²) in [5, 5.41) is 1.03. The van der Waals surface area contributed by atoms with Gasteiger partial charge in [0, 0.05) is 5.33 Å². The highest BCUT2D eigenvalue weighted by molar-refractivity contribution is 9.09. The maximum Gasteiger partial charge on any atom is 0.0120 e. The molecule has 0 saturated carbocycles. The molecule has 0 rings (SSSR count). The molecule has 0 aliphatic carbocycles. The standard InChI is InChI=1S/C8H15Br/c1-4-6-8(3,5-2)7-9/h5H,2,4,6-7H2,1,3H3. The number of hydrogen-bond acceptors (Lipinski definition) is 0. The number of allylic oxidation sites excluding steroid dienone is 1. The molecule has 0 aromatic rings. The van der Waals surface area contributed by atoms with Crippen LogP contribution in [0.15, 0.2) is 12.7 Å². The van der Waals surface area contributed by atoms with Gasteiger partial charge in [0.15, 0.2) is 0 Å². The van der Waals surface area contributed by atoms with Crippen LogP contribution >= 0.6 is 15.9 Å². The Kier molecular flexibility index (Phi) is 4.20. The van der Waals surface area contributed by atoms with Crippen LogP contribution in [-0.4, -0.2) is 5.33 Å². The first-order chi connectivity index (χ1) is 4.18. The summed E-state index contributed by atoms with van der Waals surface area (Å²) in [4.78, 5) is 0. The van der Waals surface area contributed by atoms with Crippen LogP contribution in [-0.2, 0) is 0 Å². The van der Waals surface area contributed by atoms with Crippen molar-refractivity contribution in [2.75, 3.05) is 5.33 Å². The van der Waals surface area contributed by atoms with Crippen LogP contribution in [0, 0.1) is 5.41 Å². The van der Waals surface area contributed by atoms with Crippen molar-refractivity contribution >= 4 is 15.9 Å². The highest BCUT2D eigenvalue weighted by atomic mass is 79.9. The molecule has 0 aliphatic rings. The molecule has 0 N–H and O–H groups in total. The third-order valence-corrected chi connectivity index (χ3v) is 2.90. The minimum atomic E-state index is 0.314. The van der Waals surface area contributed by atoms with E-state index in [2.05, 4.69) is 36.4 Å². The van der Waals surface area contributed by atoms with E-state index < -0.39 is 0 Å². The van der Waals surface area contributed by atoms with Gasteiger partial charge in [0.1, 0.15) is 0 Å². The minimum Gasteiger partial charge on any atom is -0.103 e. The summed E-state index contributed by atoms with van der Waals surface area (Å²) in [5.74, 6) is 0. The van der Waals surface area contributed by atoms with E-state index in [1.807, 2.05) is 6.08 Å². The lowest BCUT2D eigenvalue weighted by Crippen LogP contribution is -2.13. The second kappa shape index (κ2) is 4.10. The molecular weight excluding hydrogens is 176 g/mol. The first-order valence-corrected chi connectivity index (χ1v) is 4.50. The molecule has 0 fully saturated rings. The third-order valence-electron chi connectivity index (χ3n) is 1.62. The second-order valence-corrected chi connectivity index (χ2v) is 3.30. The van der Waals surface area contributed by atoms with Crippen molar-refractivity contribution in [1.82, 2.24) is 0 Å². The summed E-state index contributed by atoms with van der Waals surface area (Å²) in [6.07, 6.45) is 4.49. The van der Waals surface area contributed by atoms with E-state index in [0.717, 1.165) is 5.33 Å². The fourth-order valence-corrected chi connectivity index (χ4v) is 1.30. The minimum absolute atomic E-state index is 0.314. The van der Waals surface area contributed by atoms with Crippen molar-refractivity contribution in [2.24, 2.45) is 5.41 Å². The average molecular weight is 191 g/mol. The summed E-state index contributed by atoms with van der Waals surface area (Å²) in [7, 11) is 0. The summed E-state index contributed by atoms with van der Waals surface area (Å²) in [5.41, 5.74) is 0.314. The van der Waals surface area contributed by atoms with E-state index in [-0.39, 0.29) is 0 Å². The van der Waals surface area contributed by atoms with Crippen molar-refractivity contribution in [3.8, 4) is 0 Å². The smallest absolute Gasteiger partial charge is 0.0120 e. The Balaban J connectivity index is 3.76. The van der Waals surface area contributed by atoms with Crippen molar-refractivity contribution in [2.45, 2.75) is 26.7 Å². The Morgan fingerprint density at radius 1 is 1.67 bits per heavy atom. The Labute approximate surface area is 66.5 Å². The molecule has 0 nitrogen and oxygen atoms in total. The van der Waals surface area contributed by atoms with Gasteiger partial charge in [0.05, 0.1) is 0 Å². The van der Waals surface area contributed by atoms with Crippen LogP contribution < -0.4 is 0 Å². The predicted octanol–water partition coefficient (Wildman–Crippen LogP) is 3.37. The lowest BCUT2D eigenvalue weighted by Gasteiger charge is -2.21. The molecule has 0 aromatic heterocycles. The first-order valence-electron chi connectivity index (χ1n) is 3.38. The molecule has 0 radical (unpaired) electrons. The Hall–Kier alpha value is 0.220. The van der Waals surface area contributed by atoms with Crippen molar-refractivity contribution in [3.05, 3.63) is 12.7 Å². The quantitative estimate of drug-likeness (QED) is 0.472. The number of rotatable bonds is 4. The molecule has 0 amide bonds. The Morgan fingerprint density at radius 3 is 2.33 bits per heavy atom. The molecule has 1 heteroatoms. The van der Waals surface area contributed by atoms with Gasteiger partial charge >= 0.3 is 0 Å². The van der Waals surface area contributed by atoms with Gasteiger partial charge in [0.2, 0.25) is 0 Å². The maximum atomic E-state index is 3.79. The zero-order valence-corrected chi connectivity index (χ0v) is 7.87. The molecule has 0 spiro atoms. The van der Waals surface area contributed by atoms with E-state index in [4.69, 9.17) is 0 Å². The molecular formula is C8H15Br. The molecule has 54 valence electrons. The normalized spacial score (nSPS) is 16.8. The van der Waals surface area contributed by atoms with E-state index in [9.17, 15) is 0 Å². The number of alkyl halides is 1. The molecule has 1 atom stereocenters. The highest BCUT2D eigenvalue weighted by Crippen LogP contribution is 2.26. The second-order valence-electron chi connectivity index (χ2n) is 2.74. The van der Waals surface area contributed by atoms with Gasteiger partial charge in [-0.2, -0.15) is 0 Å². The van der Waals surface area contributed by atoms with Crippen molar-refractivity contribution < 1.29 is 0 Å². The topological polar surface area (TPSA) is 0 Å². The number of hydrogen-bond donors (Lipinski definition) is 0. The Morgan fingerprint density at radius 2 is 2.22 bits per heavy atom. The van der Waals surface area contributed by atoms with Gasteiger partial charge in [-0.05, 0) is 11.8 Å². The monoisotopic (exact) mass is 190 g/mol. The fraction of sp³-hybridized carbons (Fsp3) is 0.750. The van der Waals surface area contributed by atoms with Crippen LogP contribution in [0.5, 0.6) is 0 Å². The van der Waals surface area contributed by atoms with Gasteiger partial charge in [-0.1, -0.05) is 42.3 Å². The van der Waals surface area contributed by atoms with Gasteiger partial charge < -0.3 is 0 Å². The van der Waals surface area contributed by atoms with Gasteiger partial charge in [0.25, 0.3) is 0 Å². The zero-order valence-electron chi connectivity index (χ0n) is 6.28. The average Bonchev–Trinajstić information content (AvgIpc) is 1.89. The van der Waals surface area contributed by atoms with Gasteiger partial charge in [-0.15, -0.1) is 6.58 Å². The molecule has 0 aliphatic heterocycles. The molecule has 0 saturated heterocycles. The largest absolute Gasteiger partial charge is 0.103 e. The van der Waals surface area contributed by atoms with E-state index in [0.29, 0.717) is 5.41 Å². The molecule has 0 bridgehead atoms. The maximum absolute atomic E-state index is 3.79. The van der Waals surface area contributed by atoms with Crippen molar-refractivity contribution in [1.29, 1.82) is 0 Å². The summed E-state index contributed by atoms with van der Waals surface area (Å²) < 4.78 is 0. The summed E-state index contributed by atoms with van der Waals surface area (Å²) >= 11 is 3.46. The van der Waals surface area contributed by atoms with Crippen LogP contribution in [0.25, 0.3) is 0 Å².